The summed E-state index contributed by atoms with van der Waals surface area (Å²) in [6.07, 6.45) is 0. The molecule has 6 heteroatoms. The van der Waals surface area contributed by atoms with Crippen LogP contribution >= 0.6 is 23.2 Å². The van der Waals surface area contributed by atoms with Crippen LogP contribution in [0, 0.1) is 0 Å². The van der Waals surface area contributed by atoms with Gasteiger partial charge in [0.2, 0.25) is 5.91 Å². The van der Waals surface area contributed by atoms with Crippen molar-refractivity contribution < 1.29 is 9.53 Å². The first-order valence-electron chi connectivity index (χ1n) is 7.50. The SMILES string of the molecule is COc1cccc(NC(=O)[C@@H](C)N(C)Cc2ccc(Cl)c(Cl)c2)c1. The molecule has 1 amide bonds. The summed E-state index contributed by atoms with van der Waals surface area (Å²) in [7, 11) is 3.48. The topological polar surface area (TPSA) is 41.6 Å². The van der Waals surface area contributed by atoms with E-state index in [2.05, 4.69) is 5.32 Å². The van der Waals surface area contributed by atoms with E-state index in [4.69, 9.17) is 27.9 Å². The number of likely N-dealkylation sites (N-methyl/N-ethyl adjacent to an activating group) is 1. The lowest BCUT2D eigenvalue weighted by Gasteiger charge is -2.24. The molecule has 0 radical (unpaired) electrons. The third-order valence-corrected chi connectivity index (χ3v) is 4.53. The minimum atomic E-state index is -0.314. The van der Waals surface area contributed by atoms with Gasteiger partial charge in [0.1, 0.15) is 5.75 Å². The molecule has 1 N–H and O–H groups in total. The van der Waals surface area contributed by atoms with Gasteiger partial charge in [0.05, 0.1) is 23.2 Å². The summed E-state index contributed by atoms with van der Waals surface area (Å²) in [4.78, 5) is 14.4. The van der Waals surface area contributed by atoms with Crippen LogP contribution in [0.15, 0.2) is 42.5 Å². The van der Waals surface area contributed by atoms with E-state index in [0.29, 0.717) is 28.0 Å². The van der Waals surface area contributed by atoms with E-state index in [9.17, 15) is 4.79 Å². The van der Waals surface area contributed by atoms with Gasteiger partial charge in [-0.3, -0.25) is 9.69 Å². The summed E-state index contributed by atoms with van der Waals surface area (Å²) in [5.41, 5.74) is 1.70. The zero-order chi connectivity index (χ0) is 17.7. The van der Waals surface area contributed by atoms with Gasteiger partial charge in [-0.05, 0) is 43.8 Å². The minimum absolute atomic E-state index is 0.0918. The van der Waals surface area contributed by atoms with Crippen LogP contribution in [-0.2, 0) is 11.3 Å². The lowest BCUT2D eigenvalue weighted by Crippen LogP contribution is -2.39. The lowest BCUT2D eigenvalue weighted by atomic mass is 10.2. The van der Waals surface area contributed by atoms with Crippen molar-refractivity contribution in [3.63, 3.8) is 0 Å². The van der Waals surface area contributed by atoms with Gasteiger partial charge in [0.15, 0.2) is 0 Å². The number of benzene rings is 2. The number of rotatable bonds is 6. The molecule has 0 spiro atoms. The van der Waals surface area contributed by atoms with E-state index < -0.39 is 0 Å². The van der Waals surface area contributed by atoms with Crippen LogP contribution in [0.25, 0.3) is 0 Å². The number of halogens is 2. The molecule has 0 heterocycles. The van der Waals surface area contributed by atoms with Crippen LogP contribution < -0.4 is 10.1 Å². The van der Waals surface area contributed by atoms with Gasteiger partial charge in [-0.1, -0.05) is 35.3 Å². The zero-order valence-corrected chi connectivity index (χ0v) is 15.4. The highest BCUT2D eigenvalue weighted by atomic mass is 35.5. The maximum Gasteiger partial charge on any atom is 0.241 e. The van der Waals surface area contributed by atoms with E-state index in [-0.39, 0.29) is 11.9 Å². The first-order chi connectivity index (χ1) is 11.4. The third-order valence-electron chi connectivity index (χ3n) is 3.79. The number of ether oxygens (including phenoxy) is 1. The summed E-state index contributed by atoms with van der Waals surface area (Å²) >= 11 is 12.0. The van der Waals surface area contributed by atoms with Gasteiger partial charge in [-0.25, -0.2) is 0 Å². The number of nitrogens with one attached hydrogen (secondary N) is 1. The molecular weight excluding hydrogens is 347 g/mol. The summed E-state index contributed by atoms with van der Waals surface area (Å²) in [5, 5.41) is 3.93. The van der Waals surface area contributed by atoms with Gasteiger partial charge in [-0.2, -0.15) is 0 Å². The Kier molecular flexibility index (Phi) is 6.49. The molecule has 0 unspecified atom stereocenters. The third kappa shape index (κ3) is 4.87. The number of anilines is 1. The highest BCUT2D eigenvalue weighted by Crippen LogP contribution is 2.23. The van der Waals surface area contributed by atoms with Crippen LogP contribution in [0.4, 0.5) is 5.69 Å². The minimum Gasteiger partial charge on any atom is -0.497 e. The van der Waals surface area contributed by atoms with Crippen LogP contribution in [0.3, 0.4) is 0 Å². The Morgan fingerprint density at radius 2 is 1.96 bits per heavy atom. The Balaban J connectivity index is 1.99. The van der Waals surface area contributed by atoms with Gasteiger partial charge >= 0.3 is 0 Å². The van der Waals surface area contributed by atoms with E-state index in [0.717, 1.165) is 5.56 Å². The average molecular weight is 367 g/mol. The van der Waals surface area contributed by atoms with Crippen molar-refractivity contribution in [3.05, 3.63) is 58.1 Å². The summed E-state index contributed by atoms with van der Waals surface area (Å²) < 4.78 is 5.16. The molecule has 0 saturated heterocycles. The van der Waals surface area contributed by atoms with Crippen molar-refractivity contribution in [2.45, 2.75) is 19.5 Å². The van der Waals surface area contributed by atoms with Crippen molar-refractivity contribution in [2.75, 3.05) is 19.5 Å². The molecule has 2 aromatic carbocycles. The number of amides is 1. The Morgan fingerprint density at radius 3 is 2.62 bits per heavy atom. The lowest BCUT2D eigenvalue weighted by molar-refractivity contribution is -0.120. The highest BCUT2D eigenvalue weighted by Gasteiger charge is 2.18. The molecule has 0 aromatic heterocycles. The smallest absolute Gasteiger partial charge is 0.241 e. The molecule has 0 aliphatic carbocycles. The number of hydrogen-bond acceptors (Lipinski definition) is 3. The number of hydrogen-bond donors (Lipinski definition) is 1. The van der Waals surface area contributed by atoms with E-state index in [1.165, 1.54) is 0 Å². The number of nitrogens with zero attached hydrogens (tertiary/aromatic N) is 1. The molecule has 0 fully saturated rings. The first kappa shape index (κ1) is 18.6. The number of carbonyl (C=O) groups is 1. The first-order valence-corrected chi connectivity index (χ1v) is 8.25. The molecular formula is C18H20Cl2N2O2. The van der Waals surface area contributed by atoms with Crippen molar-refractivity contribution >= 4 is 34.8 Å². The van der Waals surface area contributed by atoms with Crippen molar-refractivity contribution in [3.8, 4) is 5.75 Å². The van der Waals surface area contributed by atoms with Gasteiger partial charge < -0.3 is 10.1 Å². The molecule has 0 aliphatic rings. The molecule has 0 bridgehead atoms. The van der Waals surface area contributed by atoms with E-state index in [1.807, 2.05) is 49.2 Å². The Morgan fingerprint density at radius 1 is 1.21 bits per heavy atom. The van der Waals surface area contributed by atoms with E-state index in [1.54, 1.807) is 19.2 Å². The maximum absolute atomic E-state index is 12.4. The van der Waals surface area contributed by atoms with Gasteiger partial charge in [-0.15, -0.1) is 0 Å². The maximum atomic E-state index is 12.4. The predicted octanol–water partition coefficient (Wildman–Crippen LogP) is 4.46. The molecule has 2 rings (SSSR count). The Hall–Kier alpha value is -1.75. The Bertz CT molecular complexity index is 722. The average Bonchev–Trinajstić information content (AvgIpc) is 2.57. The fraction of sp³-hybridized carbons (Fsp3) is 0.278. The number of methoxy groups -OCH3 is 1. The molecule has 1 atom stereocenters. The fourth-order valence-corrected chi connectivity index (χ4v) is 2.53. The second kappa shape index (κ2) is 8.38. The van der Waals surface area contributed by atoms with Gasteiger partial charge in [0, 0.05) is 18.3 Å². The second-order valence-corrected chi connectivity index (χ2v) is 6.38. The van der Waals surface area contributed by atoms with E-state index >= 15 is 0 Å². The molecule has 0 aliphatic heterocycles. The zero-order valence-electron chi connectivity index (χ0n) is 13.8. The van der Waals surface area contributed by atoms with Crippen LogP contribution in [0.5, 0.6) is 5.75 Å². The van der Waals surface area contributed by atoms with Crippen molar-refractivity contribution in [2.24, 2.45) is 0 Å². The predicted molar refractivity (Wildman–Crippen MR) is 99.0 cm³/mol. The molecule has 0 saturated carbocycles. The number of carbonyl (C=O) groups excluding carboxylic acids is 1. The molecule has 2 aromatic rings. The summed E-state index contributed by atoms with van der Waals surface area (Å²) in [5.74, 6) is 0.607. The largest absolute Gasteiger partial charge is 0.497 e. The van der Waals surface area contributed by atoms with Crippen molar-refractivity contribution in [1.29, 1.82) is 0 Å². The standard InChI is InChI=1S/C18H20Cl2N2O2/c1-12(18(23)21-14-5-4-6-15(10-14)24-3)22(2)11-13-7-8-16(19)17(20)9-13/h4-10,12H,11H2,1-3H3,(H,21,23)/t12-/m1/s1. The van der Waals surface area contributed by atoms with Crippen LogP contribution in [0.1, 0.15) is 12.5 Å². The normalized spacial score (nSPS) is 12.1. The second-order valence-electron chi connectivity index (χ2n) is 5.56. The summed E-state index contributed by atoms with van der Waals surface area (Å²) in [6.45, 7) is 2.44. The fourth-order valence-electron chi connectivity index (χ4n) is 2.21. The monoisotopic (exact) mass is 366 g/mol. The molecule has 4 nitrogen and oxygen atoms in total. The quantitative estimate of drug-likeness (QED) is 0.820. The van der Waals surface area contributed by atoms with Crippen molar-refractivity contribution in [1.82, 2.24) is 4.90 Å². The Labute approximate surface area is 152 Å². The molecule has 24 heavy (non-hydrogen) atoms. The molecule has 128 valence electrons. The van der Waals surface area contributed by atoms with Gasteiger partial charge in [0.25, 0.3) is 0 Å². The highest BCUT2D eigenvalue weighted by molar-refractivity contribution is 6.42. The van der Waals surface area contributed by atoms with Crippen LogP contribution in [0.2, 0.25) is 10.0 Å². The summed E-state index contributed by atoms with van der Waals surface area (Å²) in [6, 6.07) is 12.4. The van der Waals surface area contributed by atoms with Crippen LogP contribution in [-0.4, -0.2) is 31.0 Å².